The van der Waals surface area contributed by atoms with E-state index in [1.807, 2.05) is 11.7 Å². The molecular weight excluding hydrogens is 202 g/mol. The third-order valence-corrected chi connectivity index (χ3v) is 3.52. The average Bonchev–Trinajstić information content (AvgIpc) is 2.51. The van der Waals surface area contributed by atoms with Crippen molar-refractivity contribution in [3.8, 4) is 5.75 Å². The lowest BCUT2D eigenvalue weighted by Gasteiger charge is -2.30. The van der Waals surface area contributed by atoms with Crippen molar-refractivity contribution in [2.75, 3.05) is 13.7 Å². The van der Waals surface area contributed by atoms with Crippen LogP contribution in [0.25, 0.3) is 0 Å². The Morgan fingerprint density at radius 2 is 2.25 bits per heavy atom. The van der Waals surface area contributed by atoms with E-state index < -0.39 is 0 Å². The van der Waals surface area contributed by atoms with Crippen molar-refractivity contribution >= 4 is 0 Å². The first kappa shape index (κ1) is 11.5. The minimum absolute atomic E-state index is 0.00685. The Labute approximate surface area is 97.0 Å². The van der Waals surface area contributed by atoms with E-state index in [1.165, 1.54) is 19.3 Å². The lowest BCUT2D eigenvalue weighted by Crippen LogP contribution is -2.40. The SMILES string of the molecule is COc1cnn(C)c1C1(C)CCCCCN1. The van der Waals surface area contributed by atoms with Crippen LogP contribution in [0, 0.1) is 0 Å². The zero-order chi connectivity index (χ0) is 11.6. The Balaban J connectivity index is 2.35. The number of ether oxygens (including phenoxy) is 1. The molecule has 0 radical (unpaired) electrons. The molecule has 0 saturated carbocycles. The fourth-order valence-corrected chi connectivity index (χ4v) is 2.63. The normalized spacial score (nSPS) is 26.4. The van der Waals surface area contributed by atoms with Crippen LogP contribution < -0.4 is 10.1 Å². The molecule has 1 aliphatic rings. The van der Waals surface area contributed by atoms with E-state index in [1.54, 1.807) is 13.3 Å². The summed E-state index contributed by atoms with van der Waals surface area (Å²) in [5.74, 6) is 0.888. The first-order valence-electron chi connectivity index (χ1n) is 5.99. The Morgan fingerprint density at radius 1 is 1.44 bits per heavy atom. The van der Waals surface area contributed by atoms with Crippen LogP contribution in [0.15, 0.2) is 6.20 Å². The van der Waals surface area contributed by atoms with E-state index in [0.717, 1.165) is 24.4 Å². The molecule has 0 bridgehead atoms. The number of nitrogens with zero attached hydrogens (tertiary/aromatic N) is 2. The molecule has 90 valence electrons. The summed E-state index contributed by atoms with van der Waals surface area (Å²) in [4.78, 5) is 0. The Morgan fingerprint density at radius 3 is 3.00 bits per heavy atom. The van der Waals surface area contributed by atoms with Gasteiger partial charge in [0.15, 0.2) is 5.75 Å². The molecule has 0 spiro atoms. The second-order valence-electron chi connectivity index (χ2n) is 4.75. The molecule has 16 heavy (non-hydrogen) atoms. The quantitative estimate of drug-likeness (QED) is 0.831. The van der Waals surface area contributed by atoms with Gasteiger partial charge in [0.05, 0.1) is 24.5 Å². The Bertz CT molecular complexity index is 351. The highest BCUT2D eigenvalue weighted by molar-refractivity contribution is 5.31. The van der Waals surface area contributed by atoms with E-state index in [0.29, 0.717) is 0 Å². The first-order valence-corrected chi connectivity index (χ1v) is 5.99. The number of nitrogens with one attached hydrogen (secondary N) is 1. The minimum atomic E-state index is -0.00685. The summed E-state index contributed by atoms with van der Waals surface area (Å²) in [6.07, 6.45) is 6.77. The first-order chi connectivity index (χ1) is 7.67. The fourth-order valence-electron chi connectivity index (χ4n) is 2.63. The van der Waals surface area contributed by atoms with Gasteiger partial charge in [-0.3, -0.25) is 4.68 Å². The molecule has 4 heteroatoms. The van der Waals surface area contributed by atoms with Gasteiger partial charge in [-0.05, 0) is 26.3 Å². The predicted molar refractivity (Wildman–Crippen MR) is 63.6 cm³/mol. The highest BCUT2D eigenvalue weighted by Crippen LogP contribution is 2.34. The summed E-state index contributed by atoms with van der Waals surface area (Å²) in [7, 11) is 3.69. The van der Waals surface area contributed by atoms with Gasteiger partial charge in [0, 0.05) is 7.05 Å². The summed E-state index contributed by atoms with van der Waals surface area (Å²) < 4.78 is 7.33. The molecule has 1 atom stereocenters. The van der Waals surface area contributed by atoms with E-state index in [4.69, 9.17) is 4.74 Å². The Kier molecular flexibility index (Phi) is 3.19. The standard InChI is InChI=1S/C12H21N3O/c1-12(7-5-4-6-8-13-12)11-10(16-3)9-14-15(11)2/h9,13H,4-8H2,1-3H3. The molecule has 1 N–H and O–H groups in total. The molecule has 1 fully saturated rings. The molecule has 0 amide bonds. The predicted octanol–water partition coefficient (Wildman–Crippen LogP) is 1.81. The largest absolute Gasteiger partial charge is 0.493 e. The van der Waals surface area contributed by atoms with Gasteiger partial charge in [-0.15, -0.1) is 0 Å². The van der Waals surface area contributed by atoms with Gasteiger partial charge >= 0.3 is 0 Å². The highest BCUT2D eigenvalue weighted by Gasteiger charge is 2.33. The molecule has 1 aromatic heterocycles. The van der Waals surface area contributed by atoms with Crippen LogP contribution in [0.1, 0.15) is 38.3 Å². The van der Waals surface area contributed by atoms with Crippen molar-refractivity contribution in [3.05, 3.63) is 11.9 Å². The van der Waals surface area contributed by atoms with Crippen LogP contribution in [0.2, 0.25) is 0 Å². The Hall–Kier alpha value is -1.03. The highest BCUT2D eigenvalue weighted by atomic mass is 16.5. The lowest BCUT2D eigenvalue weighted by molar-refractivity contribution is 0.313. The zero-order valence-corrected chi connectivity index (χ0v) is 10.4. The summed E-state index contributed by atoms with van der Waals surface area (Å²) >= 11 is 0. The third-order valence-electron chi connectivity index (χ3n) is 3.52. The van der Waals surface area contributed by atoms with Crippen LogP contribution in [0.4, 0.5) is 0 Å². The van der Waals surface area contributed by atoms with E-state index in [9.17, 15) is 0 Å². The van der Waals surface area contributed by atoms with Crippen molar-refractivity contribution < 1.29 is 4.74 Å². The van der Waals surface area contributed by atoms with Gasteiger partial charge in [0.2, 0.25) is 0 Å². The van der Waals surface area contributed by atoms with Gasteiger partial charge in [0.1, 0.15) is 0 Å². The molecule has 1 unspecified atom stereocenters. The van der Waals surface area contributed by atoms with E-state index >= 15 is 0 Å². The van der Waals surface area contributed by atoms with Crippen molar-refractivity contribution in [3.63, 3.8) is 0 Å². The summed E-state index contributed by atoms with van der Waals surface area (Å²) in [5.41, 5.74) is 1.16. The maximum atomic E-state index is 5.40. The van der Waals surface area contributed by atoms with Crippen molar-refractivity contribution in [2.24, 2.45) is 7.05 Å². The molecule has 4 nitrogen and oxygen atoms in total. The van der Waals surface area contributed by atoms with E-state index in [-0.39, 0.29) is 5.54 Å². The van der Waals surface area contributed by atoms with Crippen molar-refractivity contribution in [1.82, 2.24) is 15.1 Å². The summed E-state index contributed by atoms with van der Waals surface area (Å²) in [6, 6.07) is 0. The molecule has 0 aromatic carbocycles. The van der Waals surface area contributed by atoms with Crippen LogP contribution in [-0.4, -0.2) is 23.4 Å². The molecule has 2 heterocycles. The topological polar surface area (TPSA) is 39.1 Å². The average molecular weight is 223 g/mol. The van der Waals surface area contributed by atoms with Gasteiger partial charge in [-0.1, -0.05) is 12.8 Å². The maximum Gasteiger partial charge on any atom is 0.161 e. The number of hydrogen-bond donors (Lipinski definition) is 1. The van der Waals surface area contributed by atoms with Crippen molar-refractivity contribution in [2.45, 2.75) is 38.1 Å². The van der Waals surface area contributed by atoms with Crippen LogP contribution in [0.3, 0.4) is 0 Å². The fraction of sp³-hybridized carbons (Fsp3) is 0.750. The number of rotatable bonds is 2. The smallest absolute Gasteiger partial charge is 0.161 e. The third kappa shape index (κ3) is 1.94. The summed E-state index contributed by atoms with van der Waals surface area (Å²) in [6.45, 7) is 3.32. The molecule has 2 rings (SSSR count). The molecular formula is C12H21N3O. The van der Waals surface area contributed by atoms with Gasteiger partial charge in [0.25, 0.3) is 0 Å². The van der Waals surface area contributed by atoms with Crippen LogP contribution in [0.5, 0.6) is 5.75 Å². The van der Waals surface area contributed by atoms with Crippen LogP contribution >= 0.6 is 0 Å². The second-order valence-corrected chi connectivity index (χ2v) is 4.75. The van der Waals surface area contributed by atoms with Crippen LogP contribution in [-0.2, 0) is 12.6 Å². The molecule has 0 aliphatic carbocycles. The second kappa shape index (κ2) is 4.45. The van der Waals surface area contributed by atoms with Gasteiger partial charge in [-0.25, -0.2) is 0 Å². The molecule has 1 aliphatic heterocycles. The molecule has 1 saturated heterocycles. The maximum absolute atomic E-state index is 5.40. The molecule has 1 aromatic rings. The monoisotopic (exact) mass is 223 g/mol. The summed E-state index contributed by atoms with van der Waals surface area (Å²) in [5, 5.41) is 7.93. The van der Waals surface area contributed by atoms with Gasteiger partial charge in [-0.2, -0.15) is 5.10 Å². The van der Waals surface area contributed by atoms with E-state index in [2.05, 4.69) is 17.3 Å². The number of hydrogen-bond acceptors (Lipinski definition) is 3. The van der Waals surface area contributed by atoms with Crippen molar-refractivity contribution in [1.29, 1.82) is 0 Å². The zero-order valence-electron chi connectivity index (χ0n) is 10.4. The minimum Gasteiger partial charge on any atom is -0.493 e. The van der Waals surface area contributed by atoms with Gasteiger partial charge < -0.3 is 10.1 Å². The number of aryl methyl sites for hydroxylation is 1. The lowest BCUT2D eigenvalue weighted by atomic mass is 9.91. The number of methoxy groups -OCH3 is 1. The number of aromatic nitrogens is 2.